The minimum atomic E-state index is -0.488. The van der Waals surface area contributed by atoms with Gasteiger partial charge in [0.05, 0.1) is 18.5 Å². The van der Waals surface area contributed by atoms with Crippen LogP contribution in [0.25, 0.3) is 11.3 Å². The van der Waals surface area contributed by atoms with Crippen LogP contribution in [0.1, 0.15) is 23.3 Å². The van der Waals surface area contributed by atoms with Crippen LogP contribution < -0.4 is 10.6 Å². The smallest absolute Gasteiger partial charge is 0.270 e. The largest absolute Gasteiger partial charge is 0.391 e. The quantitative estimate of drug-likeness (QED) is 0.636. The first kappa shape index (κ1) is 20.7. The topological polar surface area (TPSA) is 90.0 Å². The number of carbonyl (C=O) groups excluding carboxylic acids is 1. The summed E-state index contributed by atoms with van der Waals surface area (Å²) in [5, 5.41) is 16.8. The maximum Gasteiger partial charge on any atom is 0.270 e. The molecule has 0 bridgehead atoms. The molecule has 1 saturated carbocycles. The molecule has 1 aliphatic carbocycles. The monoisotopic (exact) mass is 398 g/mol. The third-order valence-corrected chi connectivity index (χ3v) is 5.28. The SMILES string of the molecule is Cl.Cl.O=C(N[C@H]1C[C@H]2CNC[C@H]2C[C@@H]1O)c1[nH]cnc1-c1ccccc1. The number of halogens is 2. The minimum Gasteiger partial charge on any atom is -0.391 e. The van der Waals surface area contributed by atoms with Crippen molar-refractivity contribution < 1.29 is 9.90 Å². The van der Waals surface area contributed by atoms with Gasteiger partial charge in [-0.2, -0.15) is 0 Å². The van der Waals surface area contributed by atoms with E-state index >= 15 is 0 Å². The Bertz CT molecular complexity index is 725. The van der Waals surface area contributed by atoms with Crippen molar-refractivity contribution in [3.8, 4) is 11.3 Å². The third kappa shape index (κ3) is 4.04. The molecule has 0 unspecified atom stereocenters. The molecule has 4 atom stereocenters. The van der Waals surface area contributed by atoms with Gasteiger partial charge < -0.3 is 20.7 Å². The van der Waals surface area contributed by atoms with Crippen molar-refractivity contribution in [1.82, 2.24) is 20.6 Å². The van der Waals surface area contributed by atoms with Crippen LogP contribution in [0.2, 0.25) is 0 Å². The summed E-state index contributed by atoms with van der Waals surface area (Å²) in [5.41, 5.74) is 1.98. The Morgan fingerprint density at radius 3 is 2.54 bits per heavy atom. The molecule has 6 nitrogen and oxygen atoms in total. The Morgan fingerprint density at radius 1 is 1.12 bits per heavy atom. The lowest BCUT2D eigenvalue weighted by molar-refractivity contribution is 0.0460. The second-order valence-corrected chi connectivity index (χ2v) is 6.79. The molecule has 2 aliphatic rings. The zero-order valence-electron chi connectivity index (χ0n) is 14.2. The van der Waals surface area contributed by atoms with Crippen molar-refractivity contribution in [2.45, 2.75) is 25.0 Å². The standard InChI is InChI=1S/C18H22N4O2.2ClH/c23-15-7-13-9-19-8-12(13)6-14(15)22-18(24)17-16(20-10-21-17)11-4-2-1-3-5-11;;/h1-5,10,12-15,19,23H,6-9H2,(H,20,21)(H,22,24);2*1H/t12-,13+,14-,15-;;/m0../s1. The number of aliphatic hydroxyl groups excluding tert-OH is 1. The molecule has 1 aromatic carbocycles. The molecular weight excluding hydrogens is 375 g/mol. The van der Waals surface area contributed by atoms with E-state index in [0.29, 0.717) is 23.2 Å². The number of amides is 1. The Morgan fingerprint density at radius 2 is 1.81 bits per heavy atom. The first-order chi connectivity index (χ1) is 11.7. The third-order valence-electron chi connectivity index (χ3n) is 5.28. The number of benzene rings is 1. The summed E-state index contributed by atoms with van der Waals surface area (Å²) in [6.45, 7) is 1.95. The molecule has 1 aromatic heterocycles. The fourth-order valence-corrected chi connectivity index (χ4v) is 3.97. The molecule has 4 N–H and O–H groups in total. The number of carbonyl (C=O) groups is 1. The zero-order chi connectivity index (χ0) is 16.5. The van der Waals surface area contributed by atoms with E-state index in [1.807, 2.05) is 30.3 Å². The first-order valence-electron chi connectivity index (χ1n) is 8.51. The number of nitrogens with one attached hydrogen (secondary N) is 3. The van der Waals surface area contributed by atoms with Gasteiger partial charge >= 0.3 is 0 Å². The van der Waals surface area contributed by atoms with Gasteiger partial charge in [-0.1, -0.05) is 30.3 Å². The van der Waals surface area contributed by atoms with Gasteiger partial charge in [-0.3, -0.25) is 4.79 Å². The van der Waals surface area contributed by atoms with Crippen LogP contribution in [0.4, 0.5) is 0 Å². The number of aromatic nitrogens is 2. The van der Waals surface area contributed by atoms with E-state index in [1.165, 1.54) is 6.33 Å². The molecule has 26 heavy (non-hydrogen) atoms. The molecule has 8 heteroatoms. The second-order valence-electron chi connectivity index (χ2n) is 6.79. The Balaban J connectivity index is 0.00000121. The summed E-state index contributed by atoms with van der Waals surface area (Å²) in [4.78, 5) is 19.9. The highest BCUT2D eigenvalue weighted by atomic mass is 35.5. The lowest BCUT2D eigenvalue weighted by Gasteiger charge is -2.35. The van der Waals surface area contributed by atoms with E-state index in [-0.39, 0.29) is 36.8 Å². The highest BCUT2D eigenvalue weighted by Crippen LogP contribution is 2.33. The van der Waals surface area contributed by atoms with Gasteiger partial charge in [0.2, 0.25) is 0 Å². The second kappa shape index (κ2) is 8.86. The number of nitrogens with zero attached hydrogens (tertiary/aromatic N) is 1. The molecule has 4 rings (SSSR count). The number of imidazole rings is 1. The van der Waals surface area contributed by atoms with Crippen molar-refractivity contribution in [2.24, 2.45) is 11.8 Å². The van der Waals surface area contributed by atoms with Crippen LogP contribution in [0, 0.1) is 11.8 Å². The number of hydrogen-bond acceptors (Lipinski definition) is 4. The van der Waals surface area contributed by atoms with E-state index in [1.54, 1.807) is 0 Å². The predicted octanol–water partition coefficient (Wildman–Crippen LogP) is 2.01. The van der Waals surface area contributed by atoms with E-state index < -0.39 is 6.10 Å². The molecule has 1 saturated heterocycles. The number of rotatable bonds is 3. The maximum absolute atomic E-state index is 12.7. The van der Waals surface area contributed by atoms with E-state index in [4.69, 9.17) is 0 Å². The van der Waals surface area contributed by atoms with E-state index in [0.717, 1.165) is 31.5 Å². The van der Waals surface area contributed by atoms with Crippen LogP contribution in [-0.4, -0.2) is 46.2 Å². The molecule has 2 aromatic rings. The molecule has 2 fully saturated rings. The van der Waals surface area contributed by atoms with Gasteiger partial charge in [-0.15, -0.1) is 24.8 Å². The van der Waals surface area contributed by atoms with Gasteiger partial charge in [-0.25, -0.2) is 4.98 Å². The lowest BCUT2D eigenvalue weighted by atomic mass is 9.77. The molecule has 0 radical (unpaired) electrons. The lowest BCUT2D eigenvalue weighted by Crippen LogP contribution is -2.49. The van der Waals surface area contributed by atoms with Crippen molar-refractivity contribution in [3.05, 3.63) is 42.4 Å². The van der Waals surface area contributed by atoms with Gasteiger partial charge in [0.25, 0.3) is 5.91 Å². The number of H-pyrrole nitrogens is 1. The molecule has 1 amide bonds. The molecule has 142 valence electrons. The number of aliphatic hydroxyl groups is 1. The Hall–Kier alpha value is -1.60. The fourth-order valence-electron chi connectivity index (χ4n) is 3.97. The molecule has 0 spiro atoms. The summed E-state index contributed by atoms with van der Waals surface area (Å²) in [6, 6.07) is 9.42. The van der Waals surface area contributed by atoms with Gasteiger partial charge in [0.15, 0.2) is 0 Å². The zero-order valence-corrected chi connectivity index (χ0v) is 15.9. The van der Waals surface area contributed by atoms with Crippen LogP contribution in [0.5, 0.6) is 0 Å². The summed E-state index contributed by atoms with van der Waals surface area (Å²) < 4.78 is 0. The van der Waals surface area contributed by atoms with Crippen molar-refractivity contribution in [1.29, 1.82) is 0 Å². The Kier molecular flexibility index (Phi) is 7.06. The Labute approximate surface area is 165 Å². The average Bonchev–Trinajstić information content (AvgIpc) is 3.24. The maximum atomic E-state index is 12.7. The highest BCUT2D eigenvalue weighted by molar-refractivity contribution is 5.98. The van der Waals surface area contributed by atoms with Crippen LogP contribution >= 0.6 is 24.8 Å². The van der Waals surface area contributed by atoms with Crippen LogP contribution in [0.3, 0.4) is 0 Å². The molecular formula is C18H24Cl2N4O2. The first-order valence-corrected chi connectivity index (χ1v) is 8.51. The van der Waals surface area contributed by atoms with Crippen molar-refractivity contribution in [2.75, 3.05) is 13.1 Å². The van der Waals surface area contributed by atoms with E-state index in [9.17, 15) is 9.90 Å². The van der Waals surface area contributed by atoms with E-state index in [2.05, 4.69) is 20.6 Å². The van der Waals surface area contributed by atoms with Crippen LogP contribution in [0.15, 0.2) is 36.7 Å². The summed E-state index contributed by atoms with van der Waals surface area (Å²) in [7, 11) is 0. The summed E-state index contributed by atoms with van der Waals surface area (Å²) >= 11 is 0. The van der Waals surface area contributed by atoms with Gasteiger partial charge in [0.1, 0.15) is 11.4 Å². The van der Waals surface area contributed by atoms with Gasteiger partial charge in [-0.05, 0) is 37.8 Å². The summed E-state index contributed by atoms with van der Waals surface area (Å²) in [5.74, 6) is 0.856. The van der Waals surface area contributed by atoms with Crippen molar-refractivity contribution >= 4 is 30.7 Å². The molecule has 1 aliphatic heterocycles. The summed E-state index contributed by atoms with van der Waals surface area (Å²) in [6.07, 6.45) is 2.61. The van der Waals surface area contributed by atoms with Crippen LogP contribution in [-0.2, 0) is 0 Å². The minimum absolute atomic E-state index is 0. The normalized spacial score (nSPS) is 27.0. The molecule has 2 heterocycles. The van der Waals surface area contributed by atoms with Gasteiger partial charge in [0, 0.05) is 5.56 Å². The number of hydrogen-bond donors (Lipinski definition) is 4. The number of aromatic amines is 1. The average molecular weight is 399 g/mol. The highest BCUT2D eigenvalue weighted by Gasteiger charge is 2.39. The fraction of sp³-hybridized carbons (Fsp3) is 0.444. The predicted molar refractivity (Wildman–Crippen MR) is 105 cm³/mol. The van der Waals surface area contributed by atoms with Crippen molar-refractivity contribution in [3.63, 3.8) is 0 Å². The number of fused-ring (bicyclic) bond motifs is 1.